The van der Waals surface area contributed by atoms with Crippen LogP contribution in [0.2, 0.25) is 0 Å². The summed E-state index contributed by atoms with van der Waals surface area (Å²) in [5.41, 5.74) is -0.0928. The second-order valence-electron chi connectivity index (χ2n) is 6.79. The Bertz CT molecular complexity index is 339. The minimum Gasteiger partial charge on any atom is -0.396 e. The molecule has 1 spiro atoms. The van der Waals surface area contributed by atoms with Crippen LogP contribution in [0.5, 0.6) is 0 Å². The summed E-state index contributed by atoms with van der Waals surface area (Å²) in [6.45, 7) is 6.02. The van der Waals surface area contributed by atoms with E-state index in [-0.39, 0.29) is 12.0 Å². The van der Waals surface area contributed by atoms with Crippen LogP contribution in [0.4, 0.5) is 0 Å². The molecule has 3 aliphatic rings. The summed E-state index contributed by atoms with van der Waals surface area (Å²) >= 11 is 0. The van der Waals surface area contributed by atoms with Gasteiger partial charge in [-0.25, -0.2) is 0 Å². The van der Waals surface area contributed by atoms with E-state index < -0.39 is 5.79 Å². The minimum absolute atomic E-state index is 0.0928. The quantitative estimate of drug-likeness (QED) is 0.849. The third kappa shape index (κ3) is 1.73. The van der Waals surface area contributed by atoms with Crippen LogP contribution in [0, 0.1) is 23.2 Å². The van der Waals surface area contributed by atoms with Gasteiger partial charge in [-0.3, -0.25) is 0 Å². The monoisotopic (exact) mass is 270 g/mol. The molecule has 2 saturated carbocycles. The number of methoxy groups -OCH3 is 1. The highest BCUT2D eigenvalue weighted by molar-refractivity contribution is 5.12. The van der Waals surface area contributed by atoms with Crippen LogP contribution in [0.1, 0.15) is 33.1 Å². The van der Waals surface area contributed by atoms with E-state index in [2.05, 4.69) is 13.8 Å². The summed E-state index contributed by atoms with van der Waals surface area (Å²) < 4.78 is 18.0. The highest BCUT2D eigenvalue weighted by Gasteiger charge is 2.68. The van der Waals surface area contributed by atoms with Gasteiger partial charge < -0.3 is 19.3 Å². The van der Waals surface area contributed by atoms with E-state index in [9.17, 15) is 5.11 Å². The molecule has 110 valence electrons. The number of fused-ring (bicyclic) bond motifs is 2. The fourth-order valence-corrected chi connectivity index (χ4v) is 5.09. The molecule has 0 radical (unpaired) electrons. The molecule has 0 bridgehead atoms. The van der Waals surface area contributed by atoms with Crippen molar-refractivity contribution in [3.63, 3.8) is 0 Å². The number of ether oxygens (including phenoxy) is 3. The molecule has 0 amide bonds. The van der Waals surface area contributed by atoms with Gasteiger partial charge >= 0.3 is 0 Å². The molecule has 19 heavy (non-hydrogen) atoms. The molecule has 4 nitrogen and oxygen atoms in total. The van der Waals surface area contributed by atoms with Crippen LogP contribution in [-0.4, -0.2) is 43.9 Å². The molecule has 1 aliphatic heterocycles. The zero-order valence-electron chi connectivity index (χ0n) is 12.2. The molecular weight excluding hydrogens is 244 g/mol. The number of rotatable bonds is 3. The molecule has 0 unspecified atom stereocenters. The van der Waals surface area contributed by atoms with Crippen molar-refractivity contribution in [2.45, 2.75) is 45.0 Å². The number of hydrogen-bond acceptors (Lipinski definition) is 4. The van der Waals surface area contributed by atoms with Gasteiger partial charge in [-0.2, -0.15) is 0 Å². The molecule has 3 fully saturated rings. The van der Waals surface area contributed by atoms with Crippen LogP contribution < -0.4 is 0 Å². The maximum absolute atomic E-state index is 9.43. The Morgan fingerprint density at radius 2 is 2.00 bits per heavy atom. The molecule has 5 atom stereocenters. The van der Waals surface area contributed by atoms with Crippen molar-refractivity contribution < 1.29 is 19.3 Å². The largest absolute Gasteiger partial charge is 0.396 e. The Kier molecular flexibility index (Phi) is 3.41. The summed E-state index contributed by atoms with van der Waals surface area (Å²) in [7, 11) is 1.81. The van der Waals surface area contributed by atoms with E-state index in [4.69, 9.17) is 14.2 Å². The van der Waals surface area contributed by atoms with E-state index in [1.807, 2.05) is 7.11 Å². The van der Waals surface area contributed by atoms with Crippen molar-refractivity contribution in [3.05, 3.63) is 0 Å². The van der Waals surface area contributed by atoms with Gasteiger partial charge in [-0.1, -0.05) is 13.8 Å². The van der Waals surface area contributed by atoms with Crippen molar-refractivity contribution in [2.24, 2.45) is 23.2 Å². The summed E-state index contributed by atoms with van der Waals surface area (Å²) in [6.07, 6.45) is 3.17. The lowest BCUT2D eigenvalue weighted by molar-refractivity contribution is -0.246. The van der Waals surface area contributed by atoms with Gasteiger partial charge in [0, 0.05) is 25.0 Å². The predicted molar refractivity (Wildman–Crippen MR) is 70.6 cm³/mol. The molecule has 3 rings (SSSR count). The van der Waals surface area contributed by atoms with Gasteiger partial charge in [0.25, 0.3) is 0 Å². The highest BCUT2D eigenvalue weighted by Crippen LogP contribution is 2.64. The lowest BCUT2D eigenvalue weighted by atomic mass is 9.76. The van der Waals surface area contributed by atoms with E-state index >= 15 is 0 Å². The van der Waals surface area contributed by atoms with Gasteiger partial charge in [0.2, 0.25) is 0 Å². The van der Waals surface area contributed by atoms with Crippen LogP contribution in [0.15, 0.2) is 0 Å². The molecule has 1 N–H and O–H groups in total. The van der Waals surface area contributed by atoms with Crippen molar-refractivity contribution in [1.29, 1.82) is 0 Å². The average Bonchev–Trinajstić information content (AvgIpc) is 3.00. The summed E-state index contributed by atoms with van der Waals surface area (Å²) in [6, 6.07) is 0. The number of aliphatic hydroxyl groups is 1. The first-order valence-electron chi connectivity index (χ1n) is 7.49. The molecule has 1 saturated heterocycles. The Labute approximate surface area is 115 Å². The maximum Gasteiger partial charge on any atom is 0.177 e. The molecule has 2 aliphatic carbocycles. The van der Waals surface area contributed by atoms with Gasteiger partial charge in [0.1, 0.15) is 0 Å². The van der Waals surface area contributed by atoms with Crippen molar-refractivity contribution in [3.8, 4) is 0 Å². The second-order valence-corrected chi connectivity index (χ2v) is 6.79. The van der Waals surface area contributed by atoms with Crippen LogP contribution in [-0.2, 0) is 14.2 Å². The first-order valence-corrected chi connectivity index (χ1v) is 7.49. The second kappa shape index (κ2) is 4.69. The molecular formula is C15H26O4. The van der Waals surface area contributed by atoms with Crippen LogP contribution >= 0.6 is 0 Å². The first kappa shape index (κ1) is 13.8. The average molecular weight is 270 g/mol. The van der Waals surface area contributed by atoms with E-state index in [0.29, 0.717) is 37.1 Å². The van der Waals surface area contributed by atoms with E-state index in [1.165, 1.54) is 0 Å². The molecule has 1 heterocycles. The first-order chi connectivity index (χ1) is 9.08. The fraction of sp³-hybridized carbons (Fsp3) is 1.00. The summed E-state index contributed by atoms with van der Waals surface area (Å²) in [5, 5.41) is 9.43. The van der Waals surface area contributed by atoms with Crippen LogP contribution in [0.3, 0.4) is 0 Å². The Hall–Kier alpha value is -0.160. The zero-order chi connectivity index (χ0) is 13.7. The third-order valence-electron chi connectivity index (χ3n) is 5.79. The third-order valence-corrected chi connectivity index (χ3v) is 5.79. The van der Waals surface area contributed by atoms with Crippen molar-refractivity contribution >= 4 is 0 Å². The smallest absolute Gasteiger partial charge is 0.177 e. The van der Waals surface area contributed by atoms with Crippen molar-refractivity contribution in [2.75, 3.05) is 26.9 Å². The van der Waals surface area contributed by atoms with Gasteiger partial charge in [-0.05, 0) is 31.1 Å². The zero-order valence-corrected chi connectivity index (χ0v) is 12.2. The number of hydrogen-bond donors (Lipinski definition) is 1. The van der Waals surface area contributed by atoms with Crippen molar-refractivity contribution in [1.82, 2.24) is 0 Å². The van der Waals surface area contributed by atoms with Crippen LogP contribution in [0.25, 0.3) is 0 Å². The normalized spacial score (nSPS) is 48.0. The summed E-state index contributed by atoms with van der Waals surface area (Å²) in [4.78, 5) is 0. The fourth-order valence-electron chi connectivity index (χ4n) is 5.09. The molecule has 4 heteroatoms. The molecule has 0 aromatic carbocycles. The Balaban J connectivity index is 1.94. The molecule has 0 aromatic heterocycles. The van der Waals surface area contributed by atoms with Gasteiger partial charge in [0.05, 0.1) is 19.3 Å². The van der Waals surface area contributed by atoms with E-state index in [1.54, 1.807) is 0 Å². The number of aliphatic hydroxyl groups excluding tert-OH is 1. The maximum atomic E-state index is 9.43. The molecule has 0 aromatic rings. The standard InChI is InChI=1S/C15H26O4/c1-10-8-12-11(13(10)17-3)9-14(2,4-5-16)15(12)18-6-7-19-15/h10-13,16H,4-9H2,1-3H3/t10-,11+,12+,13+,14+/m1/s1. The minimum atomic E-state index is -0.484. The topological polar surface area (TPSA) is 47.9 Å². The summed E-state index contributed by atoms with van der Waals surface area (Å²) in [5.74, 6) is 0.978. The predicted octanol–water partition coefficient (Wildman–Crippen LogP) is 1.81. The lowest BCUT2D eigenvalue weighted by Crippen LogP contribution is -2.48. The van der Waals surface area contributed by atoms with E-state index in [0.717, 1.165) is 19.3 Å². The SMILES string of the molecule is CO[C@@H]1[C@H]2C[C@](C)(CCO)C3(OCCO3)[C@H]2C[C@H]1C. The Morgan fingerprint density at radius 3 is 2.58 bits per heavy atom. The van der Waals surface area contributed by atoms with Gasteiger partial charge in [-0.15, -0.1) is 0 Å². The lowest BCUT2D eigenvalue weighted by Gasteiger charge is -2.42. The highest BCUT2D eigenvalue weighted by atomic mass is 16.7. The van der Waals surface area contributed by atoms with Gasteiger partial charge in [0.15, 0.2) is 5.79 Å². The Morgan fingerprint density at radius 1 is 1.32 bits per heavy atom.